The van der Waals surface area contributed by atoms with Crippen LogP contribution in [0, 0.1) is 0 Å². The van der Waals surface area contributed by atoms with Crippen LogP contribution in [0.3, 0.4) is 0 Å². The van der Waals surface area contributed by atoms with E-state index in [4.69, 9.17) is 16.3 Å². The van der Waals surface area contributed by atoms with Crippen LogP contribution in [0.4, 0.5) is 10.6 Å². The Labute approximate surface area is 181 Å². The summed E-state index contributed by atoms with van der Waals surface area (Å²) in [7, 11) is 1.46. The van der Waals surface area contributed by atoms with Crippen LogP contribution >= 0.6 is 11.6 Å². The van der Waals surface area contributed by atoms with E-state index in [1.54, 1.807) is 20.8 Å². The highest BCUT2D eigenvalue weighted by Gasteiger charge is 2.20. The normalized spacial score (nSPS) is 11.3. The summed E-state index contributed by atoms with van der Waals surface area (Å²) < 4.78 is 7.91. The lowest BCUT2D eigenvalue weighted by atomic mass is 10.2. The number of amides is 3. The van der Waals surface area contributed by atoms with Gasteiger partial charge in [-0.1, -0.05) is 11.6 Å². The number of fused-ring (bicyclic) bond motifs is 1. The minimum Gasteiger partial charge on any atom is -0.444 e. The Hall–Kier alpha value is -3.67. The first kappa shape index (κ1) is 22.0. The second kappa shape index (κ2) is 8.60. The summed E-state index contributed by atoms with van der Waals surface area (Å²) in [6.07, 6.45) is 3.40. The van der Waals surface area contributed by atoms with Crippen molar-refractivity contribution in [3.05, 3.63) is 35.6 Å². The molecule has 0 spiro atoms. The number of halogens is 1. The predicted octanol–water partition coefficient (Wildman–Crippen LogP) is 1.76. The molecule has 3 aromatic rings. The number of nitrogens with zero attached hydrogens (tertiary/aromatic N) is 5. The highest BCUT2D eigenvalue weighted by molar-refractivity contribution is 6.33. The van der Waals surface area contributed by atoms with Gasteiger partial charge in [0.2, 0.25) is 0 Å². The van der Waals surface area contributed by atoms with Gasteiger partial charge in [-0.3, -0.25) is 25.0 Å². The van der Waals surface area contributed by atoms with E-state index < -0.39 is 23.5 Å². The van der Waals surface area contributed by atoms with Crippen LogP contribution in [0.2, 0.25) is 5.02 Å². The first-order valence-electron chi connectivity index (χ1n) is 9.13. The van der Waals surface area contributed by atoms with Crippen molar-refractivity contribution in [3.8, 4) is 0 Å². The second-order valence-corrected chi connectivity index (χ2v) is 7.80. The van der Waals surface area contributed by atoms with Crippen molar-refractivity contribution in [1.29, 1.82) is 0 Å². The molecule has 31 heavy (non-hydrogen) atoms. The molecule has 3 rings (SSSR count). The highest BCUT2D eigenvalue weighted by Crippen LogP contribution is 2.19. The molecule has 3 aromatic heterocycles. The number of carbonyl (C=O) groups excluding carboxylic acids is 3. The van der Waals surface area contributed by atoms with E-state index in [-0.39, 0.29) is 28.6 Å². The zero-order valence-corrected chi connectivity index (χ0v) is 18.0. The fourth-order valence-electron chi connectivity index (χ4n) is 2.65. The van der Waals surface area contributed by atoms with Crippen molar-refractivity contribution in [2.24, 2.45) is 0 Å². The molecular weight excluding hydrogens is 428 g/mol. The molecular formula is C18H21ClN8O4. The standard InChI is InChI=1S/C18H21ClN8O4/c1-18(2,3)31-17(30)24-14-12-15(22-8-21-14)26(9-23-12)7-11(28)25-27-6-5-10(19)13(27)16(29)20-4/h5-6,8-9H,7H2,1-4H3,(H,20,29)(H,25,28)(H,21,22,24,30). The Balaban J connectivity index is 1.77. The van der Waals surface area contributed by atoms with Crippen LogP contribution in [-0.2, 0) is 16.1 Å². The number of hydrogen-bond donors (Lipinski definition) is 3. The highest BCUT2D eigenvalue weighted by atomic mass is 35.5. The van der Waals surface area contributed by atoms with Gasteiger partial charge in [0.15, 0.2) is 17.0 Å². The summed E-state index contributed by atoms with van der Waals surface area (Å²) in [5.41, 5.74) is 2.61. The molecule has 0 aromatic carbocycles. The Morgan fingerprint density at radius 1 is 1.19 bits per heavy atom. The van der Waals surface area contributed by atoms with E-state index >= 15 is 0 Å². The predicted molar refractivity (Wildman–Crippen MR) is 112 cm³/mol. The molecule has 0 fully saturated rings. The first-order chi connectivity index (χ1) is 14.6. The van der Waals surface area contributed by atoms with Gasteiger partial charge in [-0.05, 0) is 26.8 Å². The van der Waals surface area contributed by atoms with Gasteiger partial charge in [-0.2, -0.15) is 0 Å². The molecule has 0 aliphatic heterocycles. The monoisotopic (exact) mass is 448 g/mol. The number of ether oxygens (including phenoxy) is 1. The summed E-state index contributed by atoms with van der Waals surface area (Å²) in [6.45, 7) is 5.05. The van der Waals surface area contributed by atoms with Crippen molar-refractivity contribution in [2.45, 2.75) is 32.9 Å². The maximum absolute atomic E-state index is 12.5. The smallest absolute Gasteiger partial charge is 0.413 e. The minimum absolute atomic E-state index is 0.0965. The largest absolute Gasteiger partial charge is 0.444 e. The van der Waals surface area contributed by atoms with E-state index in [9.17, 15) is 14.4 Å². The summed E-state index contributed by atoms with van der Waals surface area (Å²) in [4.78, 5) is 48.9. The Kier molecular flexibility index (Phi) is 6.11. The summed E-state index contributed by atoms with van der Waals surface area (Å²) in [6, 6.07) is 1.49. The van der Waals surface area contributed by atoms with Crippen LogP contribution in [-0.4, -0.2) is 54.8 Å². The number of hydrogen-bond acceptors (Lipinski definition) is 7. The van der Waals surface area contributed by atoms with Crippen molar-refractivity contribution in [3.63, 3.8) is 0 Å². The van der Waals surface area contributed by atoms with Gasteiger partial charge in [0, 0.05) is 13.2 Å². The van der Waals surface area contributed by atoms with Crippen LogP contribution in [0.25, 0.3) is 11.2 Å². The van der Waals surface area contributed by atoms with Gasteiger partial charge in [0.1, 0.15) is 24.2 Å². The SMILES string of the molecule is CNC(=O)c1c(Cl)ccn1NC(=O)Cn1cnc2c(NC(=O)OC(C)(C)C)ncnc21. The van der Waals surface area contributed by atoms with E-state index in [1.165, 1.54) is 41.2 Å². The lowest BCUT2D eigenvalue weighted by molar-refractivity contribution is -0.117. The quantitative estimate of drug-likeness (QED) is 0.539. The summed E-state index contributed by atoms with van der Waals surface area (Å²) >= 11 is 6.01. The molecule has 0 bridgehead atoms. The maximum atomic E-state index is 12.5. The number of rotatable bonds is 5. The van der Waals surface area contributed by atoms with Crippen LogP contribution < -0.4 is 16.1 Å². The molecule has 3 heterocycles. The van der Waals surface area contributed by atoms with Crippen molar-refractivity contribution >= 4 is 46.5 Å². The molecule has 12 nitrogen and oxygen atoms in total. The van der Waals surface area contributed by atoms with Gasteiger partial charge in [-0.25, -0.2) is 19.7 Å². The molecule has 0 radical (unpaired) electrons. The Bertz CT molecular complexity index is 1150. The van der Waals surface area contributed by atoms with Gasteiger partial charge in [0.25, 0.3) is 11.8 Å². The summed E-state index contributed by atoms with van der Waals surface area (Å²) in [5.74, 6) is -0.761. The lowest BCUT2D eigenvalue weighted by Gasteiger charge is -2.19. The second-order valence-electron chi connectivity index (χ2n) is 7.39. The molecule has 0 saturated heterocycles. The molecule has 13 heteroatoms. The Morgan fingerprint density at radius 2 is 1.94 bits per heavy atom. The molecule has 0 aliphatic rings. The molecule has 0 atom stereocenters. The van der Waals surface area contributed by atoms with Crippen LogP contribution in [0.1, 0.15) is 31.3 Å². The van der Waals surface area contributed by atoms with E-state index in [1.807, 2.05) is 0 Å². The first-order valence-corrected chi connectivity index (χ1v) is 9.51. The molecule has 0 unspecified atom stereocenters. The third-order valence-corrected chi connectivity index (χ3v) is 4.16. The third-order valence-electron chi connectivity index (χ3n) is 3.86. The van der Waals surface area contributed by atoms with Crippen LogP contribution in [0.5, 0.6) is 0 Å². The minimum atomic E-state index is -0.689. The number of carbonyl (C=O) groups is 3. The molecule has 0 saturated carbocycles. The van der Waals surface area contributed by atoms with E-state index in [0.29, 0.717) is 5.65 Å². The number of nitrogens with one attached hydrogen (secondary N) is 3. The molecule has 3 amide bonds. The fourth-order valence-corrected chi connectivity index (χ4v) is 2.88. The number of imidazole rings is 1. The van der Waals surface area contributed by atoms with Crippen molar-refractivity contribution < 1.29 is 19.1 Å². The fraction of sp³-hybridized carbons (Fsp3) is 0.333. The Morgan fingerprint density at radius 3 is 2.61 bits per heavy atom. The molecule has 0 aliphatic carbocycles. The van der Waals surface area contributed by atoms with Crippen molar-refractivity contribution in [1.82, 2.24) is 29.5 Å². The number of anilines is 1. The van der Waals surface area contributed by atoms with Gasteiger partial charge >= 0.3 is 6.09 Å². The lowest BCUT2D eigenvalue weighted by Crippen LogP contribution is -2.31. The van der Waals surface area contributed by atoms with Gasteiger partial charge in [0.05, 0.1) is 11.3 Å². The zero-order valence-electron chi connectivity index (χ0n) is 17.3. The summed E-state index contributed by atoms with van der Waals surface area (Å²) in [5, 5.41) is 5.17. The van der Waals surface area contributed by atoms with E-state index in [0.717, 1.165) is 0 Å². The average Bonchev–Trinajstić information content (AvgIpc) is 3.24. The average molecular weight is 449 g/mol. The molecule has 164 valence electrons. The van der Waals surface area contributed by atoms with Crippen LogP contribution in [0.15, 0.2) is 24.9 Å². The zero-order chi connectivity index (χ0) is 22.8. The maximum Gasteiger partial charge on any atom is 0.413 e. The number of aromatic nitrogens is 5. The topological polar surface area (TPSA) is 145 Å². The third kappa shape index (κ3) is 5.09. The molecule has 3 N–H and O–H groups in total. The van der Waals surface area contributed by atoms with Crippen molar-refractivity contribution in [2.75, 3.05) is 17.8 Å². The van der Waals surface area contributed by atoms with Gasteiger partial charge in [-0.15, -0.1) is 0 Å². The van der Waals surface area contributed by atoms with E-state index in [2.05, 4.69) is 31.0 Å². The van der Waals surface area contributed by atoms with Gasteiger partial charge < -0.3 is 14.6 Å².